The van der Waals surface area contributed by atoms with Gasteiger partial charge in [-0.3, -0.25) is 4.90 Å². The molecular weight excluding hydrogens is 224 g/mol. The van der Waals surface area contributed by atoms with E-state index in [1.54, 1.807) is 0 Å². The zero-order valence-corrected chi connectivity index (χ0v) is 11.8. The van der Waals surface area contributed by atoms with E-state index in [9.17, 15) is 0 Å². The Balaban J connectivity index is 2.21. The van der Waals surface area contributed by atoms with Crippen LogP contribution in [0.15, 0.2) is 12.3 Å². The largest absolute Gasteiger partial charge is 0.353 e. The number of nitrogens with two attached hydrogens (primary N) is 1. The first-order valence-corrected chi connectivity index (χ1v) is 6.65. The van der Waals surface area contributed by atoms with Gasteiger partial charge in [0.05, 0.1) is 0 Å². The summed E-state index contributed by atoms with van der Waals surface area (Å²) in [5.41, 5.74) is 7.98. The molecule has 1 fully saturated rings. The van der Waals surface area contributed by atoms with E-state index >= 15 is 0 Å². The molecule has 2 unspecified atom stereocenters. The minimum Gasteiger partial charge on any atom is -0.353 e. The smallest absolute Gasteiger partial charge is 0.131 e. The molecule has 0 spiro atoms. The molecular formula is C14H24N4. The molecule has 18 heavy (non-hydrogen) atoms. The third-order valence-corrected chi connectivity index (χ3v) is 4.00. The summed E-state index contributed by atoms with van der Waals surface area (Å²) in [6, 6.07) is 3.27. The zero-order valence-electron chi connectivity index (χ0n) is 11.8. The van der Waals surface area contributed by atoms with Gasteiger partial charge in [0.1, 0.15) is 5.82 Å². The van der Waals surface area contributed by atoms with Crippen molar-refractivity contribution in [2.45, 2.75) is 39.4 Å². The number of aryl methyl sites for hydroxylation is 1. The standard InChI is InChI=1S/C14H24N4/c1-10-5-13(6-15)7-16-14(10)18-8-11(2)17(4)12(3)9-18/h5,7,11-12H,6,8-9,15H2,1-4H3. The van der Waals surface area contributed by atoms with Crippen LogP contribution in [0.5, 0.6) is 0 Å². The molecule has 100 valence electrons. The maximum absolute atomic E-state index is 5.65. The molecule has 1 saturated heterocycles. The van der Waals surface area contributed by atoms with Gasteiger partial charge in [-0.1, -0.05) is 0 Å². The maximum atomic E-state index is 5.65. The van der Waals surface area contributed by atoms with Crippen molar-refractivity contribution in [3.63, 3.8) is 0 Å². The summed E-state index contributed by atoms with van der Waals surface area (Å²) < 4.78 is 0. The summed E-state index contributed by atoms with van der Waals surface area (Å²) in [6.45, 7) is 9.30. The molecule has 1 aliphatic rings. The number of hydrogen-bond donors (Lipinski definition) is 1. The Labute approximate surface area is 110 Å². The van der Waals surface area contributed by atoms with Gasteiger partial charge in [0.25, 0.3) is 0 Å². The number of aromatic nitrogens is 1. The van der Waals surface area contributed by atoms with Crippen LogP contribution in [0, 0.1) is 6.92 Å². The Morgan fingerprint density at radius 1 is 1.33 bits per heavy atom. The lowest BCUT2D eigenvalue weighted by Crippen LogP contribution is -2.55. The van der Waals surface area contributed by atoms with E-state index in [0.717, 1.165) is 24.5 Å². The molecule has 0 saturated carbocycles. The summed E-state index contributed by atoms with van der Waals surface area (Å²) in [6.07, 6.45) is 1.90. The Morgan fingerprint density at radius 3 is 2.44 bits per heavy atom. The summed E-state index contributed by atoms with van der Waals surface area (Å²) in [7, 11) is 2.20. The second-order valence-corrected chi connectivity index (χ2v) is 5.46. The van der Waals surface area contributed by atoms with Crippen LogP contribution in [0.2, 0.25) is 0 Å². The van der Waals surface area contributed by atoms with Gasteiger partial charge in [0, 0.05) is 37.9 Å². The van der Waals surface area contributed by atoms with Gasteiger partial charge in [-0.25, -0.2) is 4.98 Å². The van der Waals surface area contributed by atoms with Crippen molar-refractivity contribution in [3.8, 4) is 0 Å². The molecule has 1 aromatic rings. The van der Waals surface area contributed by atoms with Crippen LogP contribution in [0.4, 0.5) is 5.82 Å². The van der Waals surface area contributed by atoms with Crippen LogP contribution in [0.1, 0.15) is 25.0 Å². The fourth-order valence-corrected chi connectivity index (χ4v) is 2.65. The Bertz CT molecular complexity index is 406. The third kappa shape index (κ3) is 2.49. The molecule has 0 aromatic carbocycles. The average Bonchev–Trinajstić information content (AvgIpc) is 2.35. The van der Waals surface area contributed by atoms with Gasteiger partial charge in [-0.15, -0.1) is 0 Å². The molecule has 0 bridgehead atoms. The number of hydrogen-bond acceptors (Lipinski definition) is 4. The number of likely N-dealkylation sites (N-methyl/N-ethyl adjacent to an activating group) is 1. The molecule has 0 amide bonds. The van der Waals surface area contributed by atoms with Crippen LogP contribution in [0.3, 0.4) is 0 Å². The second-order valence-electron chi connectivity index (χ2n) is 5.46. The molecule has 2 atom stereocenters. The van der Waals surface area contributed by atoms with Crippen molar-refractivity contribution in [3.05, 3.63) is 23.4 Å². The van der Waals surface area contributed by atoms with Gasteiger partial charge < -0.3 is 10.6 Å². The second kappa shape index (κ2) is 5.24. The molecule has 0 radical (unpaired) electrons. The topological polar surface area (TPSA) is 45.4 Å². The quantitative estimate of drug-likeness (QED) is 0.859. The highest BCUT2D eigenvalue weighted by molar-refractivity contribution is 5.48. The first-order chi connectivity index (χ1) is 8.52. The van der Waals surface area contributed by atoms with E-state index in [1.807, 2.05) is 6.20 Å². The molecule has 0 aliphatic carbocycles. The van der Waals surface area contributed by atoms with Gasteiger partial charge in [-0.05, 0) is 45.0 Å². The van der Waals surface area contributed by atoms with Crippen LogP contribution < -0.4 is 10.6 Å². The molecule has 2 N–H and O–H groups in total. The molecule has 4 nitrogen and oxygen atoms in total. The minimum atomic E-state index is 0.559. The number of nitrogens with zero attached hydrogens (tertiary/aromatic N) is 3. The normalized spacial score (nSPS) is 25.5. The van der Waals surface area contributed by atoms with E-state index in [2.05, 4.69) is 48.7 Å². The van der Waals surface area contributed by atoms with Crippen molar-refractivity contribution < 1.29 is 0 Å². The van der Waals surface area contributed by atoms with Crippen molar-refractivity contribution in [1.82, 2.24) is 9.88 Å². The van der Waals surface area contributed by atoms with Gasteiger partial charge in [0.2, 0.25) is 0 Å². The highest BCUT2D eigenvalue weighted by Gasteiger charge is 2.27. The number of piperazine rings is 1. The van der Waals surface area contributed by atoms with Crippen molar-refractivity contribution >= 4 is 5.82 Å². The predicted molar refractivity (Wildman–Crippen MR) is 75.8 cm³/mol. The van der Waals surface area contributed by atoms with Crippen LogP contribution in [-0.4, -0.2) is 42.1 Å². The molecule has 4 heteroatoms. The molecule has 2 rings (SSSR count). The number of anilines is 1. The molecule has 1 aromatic heterocycles. The lowest BCUT2D eigenvalue weighted by molar-refractivity contribution is 0.169. The SMILES string of the molecule is Cc1cc(CN)cnc1N1CC(C)N(C)C(C)C1. The van der Waals surface area contributed by atoms with E-state index in [-0.39, 0.29) is 0 Å². The Kier molecular flexibility index (Phi) is 3.88. The summed E-state index contributed by atoms with van der Waals surface area (Å²) >= 11 is 0. The minimum absolute atomic E-state index is 0.559. The monoisotopic (exact) mass is 248 g/mol. The number of pyridine rings is 1. The Morgan fingerprint density at radius 2 is 1.94 bits per heavy atom. The van der Waals surface area contributed by atoms with Gasteiger partial charge in [0.15, 0.2) is 0 Å². The molecule has 1 aliphatic heterocycles. The van der Waals surface area contributed by atoms with Crippen LogP contribution >= 0.6 is 0 Å². The highest BCUT2D eigenvalue weighted by Crippen LogP contribution is 2.23. The first-order valence-electron chi connectivity index (χ1n) is 6.65. The van der Waals surface area contributed by atoms with E-state index in [0.29, 0.717) is 18.6 Å². The van der Waals surface area contributed by atoms with Gasteiger partial charge >= 0.3 is 0 Å². The van der Waals surface area contributed by atoms with Crippen molar-refractivity contribution in [1.29, 1.82) is 0 Å². The van der Waals surface area contributed by atoms with Crippen molar-refractivity contribution in [2.24, 2.45) is 5.73 Å². The summed E-state index contributed by atoms with van der Waals surface area (Å²) in [5.74, 6) is 1.11. The van der Waals surface area contributed by atoms with E-state index in [1.165, 1.54) is 5.56 Å². The lowest BCUT2D eigenvalue weighted by atomic mass is 10.1. The Hall–Kier alpha value is -1.13. The summed E-state index contributed by atoms with van der Waals surface area (Å²) in [4.78, 5) is 9.42. The fourth-order valence-electron chi connectivity index (χ4n) is 2.65. The highest BCUT2D eigenvalue weighted by atomic mass is 15.3. The van der Waals surface area contributed by atoms with Crippen LogP contribution in [-0.2, 0) is 6.54 Å². The van der Waals surface area contributed by atoms with E-state index < -0.39 is 0 Å². The van der Waals surface area contributed by atoms with Crippen molar-refractivity contribution in [2.75, 3.05) is 25.0 Å². The molecule has 2 heterocycles. The third-order valence-electron chi connectivity index (χ3n) is 4.00. The number of rotatable bonds is 2. The van der Waals surface area contributed by atoms with Crippen LogP contribution in [0.25, 0.3) is 0 Å². The average molecular weight is 248 g/mol. The van der Waals surface area contributed by atoms with E-state index in [4.69, 9.17) is 5.73 Å². The first kappa shape index (κ1) is 13.3. The zero-order chi connectivity index (χ0) is 13.3. The summed E-state index contributed by atoms with van der Waals surface area (Å²) in [5, 5.41) is 0. The fraction of sp³-hybridized carbons (Fsp3) is 0.643. The predicted octanol–water partition coefficient (Wildman–Crippen LogP) is 1.38. The lowest BCUT2D eigenvalue weighted by Gasteiger charge is -2.43. The maximum Gasteiger partial charge on any atom is 0.131 e. The van der Waals surface area contributed by atoms with Gasteiger partial charge in [-0.2, -0.15) is 0 Å².